The Bertz CT molecular complexity index is 176. The fourth-order valence-corrected chi connectivity index (χ4v) is 1.88. The van der Waals surface area contributed by atoms with Gasteiger partial charge >= 0.3 is 0 Å². The maximum atomic E-state index is 11.9. The maximum absolute atomic E-state index is 11.9. The van der Waals surface area contributed by atoms with Crippen molar-refractivity contribution in [3.8, 4) is 0 Å². The molecule has 0 unspecified atom stereocenters. The first-order valence-corrected chi connectivity index (χ1v) is 5.71. The zero-order valence-corrected chi connectivity index (χ0v) is 9.38. The Morgan fingerprint density at radius 3 is 2.93 bits per heavy atom. The molecule has 0 aromatic carbocycles. The van der Waals surface area contributed by atoms with Gasteiger partial charge in [-0.25, -0.2) is 0 Å². The number of hydrogen-bond acceptors (Lipinski definition) is 2. The van der Waals surface area contributed by atoms with Crippen molar-refractivity contribution in [3.05, 3.63) is 0 Å². The van der Waals surface area contributed by atoms with Gasteiger partial charge < -0.3 is 10.2 Å². The number of carbonyl (C=O) groups excluding carboxylic acids is 1. The lowest BCUT2D eigenvalue weighted by Crippen LogP contribution is -2.41. The summed E-state index contributed by atoms with van der Waals surface area (Å²) in [7, 11) is 1.92. The van der Waals surface area contributed by atoms with Crippen LogP contribution in [-0.2, 0) is 4.79 Å². The van der Waals surface area contributed by atoms with E-state index < -0.39 is 0 Å². The molecule has 0 aliphatic carbocycles. The summed E-state index contributed by atoms with van der Waals surface area (Å²) in [6.07, 6.45) is 4.46. The van der Waals surface area contributed by atoms with Crippen LogP contribution in [0.25, 0.3) is 0 Å². The van der Waals surface area contributed by atoms with E-state index in [9.17, 15) is 4.79 Å². The molecule has 14 heavy (non-hydrogen) atoms. The minimum Gasteiger partial charge on any atom is -0.345 e. The summed E-state index contributed by atoms with van der Waals surface area (Å²) in [6.45, 7) is 5.00. The first-order valence-electron chi connectivity index (χ1n) is 5.71. The van der Waals surface area contributed by atoms with Gasteiger partial charge in [-0.2, -0.15) is 0 Å². The summed E-state index contributed by atoms with van der Waals surface area (Å²) < 4.78 is 0. The zero-order valence-electron chi connectivity index (χ0n) is 9.38. The van der Waals surface area contributed by atoms with Gasteiger partial charge in [-0.3, -0.25) is 4.79 Å². The minimum atomic E-state index is 0.227. The third kappa shape index (κ3) is 3.29. The molecule has 1 fully saturated rings. The topological polar surface area (TPSA) is 32.3 Å². The maximum Gasteiger partial charge on any atom is 0.226 e. The Hall–Kier alpha value is -0.570. The second-order valence-corrected chi connectivity index (χ2v) is 4.16. The molecular weight excluding hydrogens is 176 g/mol. The minimum absolute atomic E-state index is 0.227. The Labute approximate surface area is 86.9 Å². The Morgan fingerprint density at radius 2 is 2.36 bits per heavy atom. The molecule has 0 radical (unpaired) electrons. The number of nitrogens with zero attached hydrogens (tertiary/aromatic N) is 1. The Kier molecular flexibility index (Phi) is 4.94. The molecule has 1 N–H and O–H groups in total. The largest absolute Gasteiger partial charge is 0.345 e. The van der Waals surface area contributed by atoms with Gasteiger partial charge in [-0.15, -0.1) is 0 Å². The molecule has 1 heterocycles. The third-order valence-electron chi connectivity index (χ3n) is 2.87. The molecule has 3 nitrogen and oxygen atoms in total. The quantitative estimate of drug-likeness (QED) is 0.737. The summed E-state index contributed by atoms with van der Waals surface area (Å²) in [6, 6.07) is 0. The van der Waals surface area contributed by atoms with Crippen LogP contribution in [0.15, 0.2) is 0 Å². The Morgan fingerprint density at radius 1 is 1.57 bits per heavy atom. The predicted octanol–water partition coefficient (Wildman–Crippen LogP) is 1.24. The SMILES string of the molecule is CCCCN(C)C(=O)[C@@H]1CCCNC1. The predicted molar refractivity (Wildman–Crippen MR) is 58.1 cm³/mol. The van der Waals surface area contributed by atoms with Crippen molar-refractivity contribution in [2.24, 2.45) is 5.92 Å². The van der Waals surface area contributed by atoms with Crippen molar-refractivity contribution in [1.82, 2.24) is 10.2 Å². The third-order valence-corrected chi connectivity index (χ3v) is 2.87. The molecule has 0 aromatic heterocycles. The van der Waals surface area contributed by atoms with E-state index in [4.69, 9.17) is 0 Å². The van der Waals surface area contributed by atoms with E-state index in [0.29, 0.717) is 5.91 Å². The average Bonchev–Trinajstić information content (AvgIpc) is 2.26. The molecule has 0 bridgehead atoms. The van der Waals surface area contributed by atoms with E-state index in [2.05, 4.69) is 12.2 Å². The molecule has 1 rings (SSSR count). The molecule has 3 heteroatoms. The van der Waals surface area contributed by atoms with E-state index in [0.717, 1.165) is 45.3 Å². The van der Waals surface area contributed by atoms with Crippen LogP contribution in [0.3, 0.4) is 0 Å². The molecule has 0 spiro atoms. The van der Waals surface area contributed by atoms with Crippen molar-refractivity contribution < 1.29 is 4.79 Å². The number of nitrogens with one attached hydrogen (secondary N) is 1. The van der Waals surface area contributed by atoms with Crippen molar-refractivity contribution >= 4 is 5.91 Å². The molecule has 1 aliphatic heterocycles. The number of hydrogen-bond donors (Lipinski definition) is 1. The second kappa shape index (κ2) is 6.02. The summed E-state index contributed by atoms with van der Waals surface area (Å²) in [4.78, 5) is 13.8. The second-order valence-electron chi connectivity index (χ2n) is 4.16. The molecule has 1 aliphatic rings. The monoisotopic (exact) mass is 198 g/mol. The number of unbranched alkanes of at least 4 members (excludes halogenated alkanes) is 1. The van der Waals surface area contributed by atoms with E-state index in [-0.39, 0.29) is 5.92 Å². The van der Waals surface area contributed by atoms with Crippen LogP contribution >= 0.6 is 0 Å². The summed E-state index contributed by atoms with van der Waals surface area (Å²) >= 11 is 0. The fourth-order valence-electron chi connectivity index (χ4n) is 1.88. The highest BCUT2D eigenvalue weighted by Crippen LogP contribution is 2.12. The molecule has 1 amide bonds. The standard InChI is InChI=1S/C11H22N2O/c1-3-4-8-13(2)11(14)10-6-5-7-12-9-10/h10,12H,3-9H2,1-2H3/t10-/m1/s1. The lowest BCUT2D eigenvalue weighted by Gasteiger charge is -2.26. The van der Waals surface area contributed by atoms with Crippen molar-refractivity contribution in [3.63, 3.8) is 0 Å². The van der Waals surface area contributed by atoms with E-state index in [1.54, 1.807) is 0 Å². The highest BCUT2D eigenvalue weighted by molar-refractivity contribution is 5.78. The number of carbonyl (C=O) groups is 1. The first kappa shape index (κ1) is 11.5. The van der Waals surface area contributed by atoms with Gasteiger partial charge in [0.2, 0.25) is 5.91 Å². The van der Waals surface area contributed by atoms with Gasteiger partial charge in [0.05, 0.1) is 5.92 Å². The van der Waals surface area contributed by atoms with Gasteiger partial charge in [0.15, 0.2) is 0 Å². The van der Waals surface area contributed by atoms with E-state index in [1.807, 2.05) is 11.9 Å². The molecule has 1 atom stereocenters. The van der Waals surface area contributed by atoms with Crippen molar-refractivity contribution in [1.29, 1.82) is 0 Å². The van der Waals surface area contributed by atoms with Crippen LogP contribution in [0.4, 0.5) is 0 Å². The zero-order chi connectivity index (χ0) is 10.4. The molecule has 82 valence electrons. The number of rotatable bonds is 4. The van der Waals surface area contributed by atoms with Gasteiger partial charge in [0, 0.05) is 20.1 Å². The van der Waals surface area contributed by atoms with E-state index in [1.165, 1.54) is 0 Å². The fraction of sp³-hybridized carbons (Fsp3) is 0.909. The highest BCUT2D eigenvalue weighted by Gasteiger charge is 2.23. The van der Waals surface area contributed by atoms with Crippen molar-refractivity contribution in [2.75, 3.05) is 26.7 Å². The van der Waals surface area contributed by atoms with Crippen molar-refractivity contribution in [2.45, 2.75) is 32.6 Å². The van der Waals surface area contributed by atoms with Crippen LogP contribution in [0.5, 0.6) is 0 Å². The summed E-state index contributed by atoms with van der Waals surface area (Å²) in [5, 5.41) is 3.28. The van der Waals surface area contributed by atoms with Crippen LogP contribution in [0.2, 0.25) is 0 Å². The molecular formula is C11H22N2O. The summed E-state index contributed by atoms with van der Waals surface area (Å²) in [5.41, 5.74) is 0. The average molecular weight is 198 g/mol. The molecule has 0 saturated carbocycles. The van der Waals surface area contributed by atoms with Crippen LogP contribution in [0, 0.1) is 5.92 Å². The van der Waals surface area contributed by atoms with Crippen LogP contribution in [0.1, 0.15) is 32.6 Å². The van der Waals surface area contributed by atoms with E-state index >= 15 is 0 Å². The van der Waals surface area contributed by atoms with Gasteiger partial charge in [0.25, 0.3) is 0 Å². The van der Waals surface area contributed by atoms with Crippen LogP contribution in [-0.4, -0.2) is 37.5 Å². The van der Waals surface area contributed by atoms with Crippen LogP contribution < -0.4 is 5.32 Å². The normalized spacial score (nSPS) is 22.0. The first-order chi connectivity index (χ1) is 6.75. The highest BCUT2D eigenvalue weighted by atomic mass is 16.2. The lowest BCUT2D eigenvalue weighted by molar-refractivity contribution is -0.134. The molecule has 1 saturated heterocycles. The number of amides is 1. The van der Waals surface area contributed by atoms with Gasteiger partial charge in [-0.1, -0.05) is 13.3 Å². The Balaban J connectivity index is 2.30. The van der Waals surface area contributed by atoms with Gasteiger partial charge in [0.1, 0.15) is 0 Å². The number of piperidine rings is 1. The molecule has 0 aromatic rings. The summed E-state index contributed by atoms with van der Waals surface area (Å²) in [5.74, 6) is 0.552. The smallest absolute Gasteiger partial charge is 0.226 e. The van der Waals surface area contributed by atoms with Gasteiger partial charge in [-0.05, 0) is 25.8 Å². The lowest BCUT2D eigenvalue weighted by atomic mass is 9.98.